The van der Waals surface area contributed by atoms with E-state index < -0.39 is 0 Å². The van der Waals surface area contributed by atoms with Crippen molar-refractivity contribution in [1.82, 2.24) is 10.2 Å². The lowest BCUT2D eigenvalue weighted by atomic mass is 10.0. The molecule has 0 radical (unpaired) electrons. The summed E-state index contributed by atoms with van der Waals surface area (Å²) in [5.41, 5.74) is 2.04. The molecular weight excluding hydrogens is 322 g/mol. The van der Waals surface area contributed by atoms with Gasteiger partial charge in [0.2, 0.25) is 5.91 Å². The monoisotopic (exact) mass is 339 g/mol. The number of methoxy groups -OCH3 is 1. The number of H-pyrrole nitrogens is 1. The Hall–Kier alpha value is -2.47. The molecule has 3 aromatic rings. The molecule has 1 atom stereocenters. The zero-order chi connectivity index (χ0) is 16.7. The Bertz CT molecular complexity index is 922. The number of benzene rings is 2. The highest BCUT2D eigenvalue weighted by Crippen LogP contribution is 2.44. The van der Waals surface area contributed by atoms with Crippen LogP contribution < -0.4 is 9.64 Å². The number of aryl methyl sites for hydroxylation is 1. The maximum absolute atomic E-state index is 12.5. The van der Waals surface area contributed by atoms with Gasteiger partial charge in [-0.05, 0) is 23.9 Å². The molecule has 2 aromatic carbocycles. The second kappa shape index (κ2) is 5.87. The smallest absolute Gasteiger partial charge is 0.239 e. The zero-order valence-electron chi connectivity index (χ0n) is 13.4. The largest absolute Gasteiger partial charge is 0.496 e. The Kier molecular flexibility index (Phi) is 3.69. The van der Waals surface area contributed by atoms with Crippen LogP contribution in [0.2, 0.25) is 0 Å². The van der Waals surface area contributed by atoms with Crippen LogP contribution in [-0.2, 0) is 4.79 Å². The van der Waals surface area contributed by atoms with Crippen LogP contribution in [0.3, 0.4) is 0 Å². The SMILES string of the molecule is COc1ccc(C2SCC(=O)N2c2cc(C)[nH]n2)c2ccccc12. The van der Waals surface area contributed by atoms with E-state index in [1.54, 1.807) is 23.8 Å². The molecule has 1 aromatic heterocycles. The average Bonchev–Trinajstić information content (AvgIpc) is 3.19. The standard InChI is InChI=1S/C18H17N3O2S/c1-11-9-16(20-19-11)21-17(22)10-24-18(21)14-7-8-15(23-2)13-6-4-3-5-12(13)14/h3-9,18H,10H2,1-2H3,(H,19,20). The number of rotatable bonds is 3. The van der Waals surface area contributed by atoms with Gasteiger partial charge in [0.25, 0.3) is 0 Å². The van der Waals surface area contributed by atoms with E-state index in [9.17, 15) is 4.79 Å². The molecule has 24 heavy (non-hydrogen) atoms. The van der Waals surface area contributed by atoms with Gasteiger partial charge in [-0.3, -0.25) is 14.8 Å². The van der Waals surface area contributed by atoms with E-state index in [4.69, 9.17) is 4.74 Å². The minimum atomic E-state index is -0.0870. The van der Waals surface area contributed by atoms with Crippen LogP contribution in [0.5, 0.6) is 5.75 Å². The van der Waals surface area contributed by atoms with Crippen molar-refractivity contribution in [3.8, 4) is 5.75 Å². The highest BCUT2D eigenvalue weighted by molar-refractivity contribution is 8.00. The number of ether oxygens (including phenoxy) is 1. The van der Waals surface area contributed by atoms with Crippen LogP contribution >= 0.6 is 11.8 Å². The number of thioether (sulfide) groups is 1. The van der Waals surface area contributed by atoms with Crippen molar-refractivity contribution in [2.45, 2.75) is 12.3 Å². The number of hydrogen-bond acceptors (Lipinski definition) is 4. The van der Waals surface area contributed by atoms with Crippen molar-refractivity contribution in [2.24, 2.45) is 0 Å². The summed E-state index contributed by atoms with van der Waals surface area (Å²) in [4.78, 5) is 14.2. The molecule has 0 aliphatic carbocycles. The number of hydrogen-bond donors (Lipinski definition) is 1. The molecule has 2 heterocycles. The van der Waals surface area contributed by atoms with E-state index in [2.05, 4.69) is 16.3 Å². The Labute approximate surface area is 144 Å². The third kappa shape index (κ3) is 2.34. The first-order valence-corrected chi connectivity index (χ1v) is 8.75. The molecule has 1 saturated heterocycles. The van der Waals surface area contributed by atoms with Crippen LogP contribution in [0.4, 0.5) is 5.82 Å². The fraction of sp³-hybridized carbons (Fsp3) is 0.222. The van der Waals surface area contributed by atoms with Crippen LogP contribution in [0.15, 0.2) is 42.5 Å². The van der Waals surface area contributed by atoms with Crippen LogP contribution in [-0.4, -0.2) is 29.0 Å². The third-order valence-electron chi connectivity index (χ3n) is 4.21. The van der Waals surface area contributed by atoms with E-state index in [0.717, 1.165) is 27.8 Å². The summed E-state index contributed by atoms with van der Waals surface area (Å²) in [7, 11) is 1.67. The number of anilines is 1. The number of fused-ring (bicyclic) bond motifs is 1. The maximum Gasteiger partial charge on any atom is 0.239 e. The van der Waals surface area contributed by atoms with Crippen molar-refractivity contribution in [3.05, 3.63) is 53.7 Å². The summed E-state index contributed by atoms with van der Waals surface area (Å²) in [6.45, 7) is 1.93. The molecule has 1 N–H and O–H groups in total. The number of aromatic nitrogens is 2. The maximum atomic E-state index is 12.5. The van der Waals surface area contributed by atoms with Crippen molar-refractivity contribution >= 4 is 34.3 Å². The van der Waals surface area contributed by atoms with Gasteiger partial charge in [-0.2, -0.15) is 5.10 Å². The first-order valence-electron chi connectivity index (χ1n) is 7.70. The molecule has 122 valence electrons. The number of nitrogens with zero attached hydrogens (tertiary/aromatic N) is 2. The summed E-state index contributed by atoms with van der Waals surface area (Å²) in [6.07, 6.45) is 0. The van der Waals surface area contributed by atoms with Gasteiger partial charge < -0.3 is 4.74 Å². The first-order chi connectivity index (χ1) is 11.7. The molecule has 1 aliphatic rings. The molecule has 4 rings (SSSR count). The van der Waals surface area contributed by atoms with E-state index in [-0.39, 0.29) is 11.3 Å². The molecule has 1 unspecified atom stereocenters. The number of nitrogens with one attached hydrogen (secondary N) is 1. The highest BCUT2D eigenvalue weighted by atomic mass is 32.2. The van der Waals surface area contributed by atoms with Gasteiger partial charge in [0.05, 0.1) is 12.9 Å². The van der Waals surface area contributed by atoms with Gasteiger partial charge in [0, 0.05) is 17.1 Å². The molecule has 0 bridgehead atoms. The first kappa shape index (κ1) is 15.1. The number of carbonyl (C=O) groups is 1. The lowest BCUT2D eigenvalue weighted by Crippen LogP contribution is -2.28. The number of carbonyl (C=O) groups excluding carboxylic acids is 1. The van der Waals surface area contributed by atoms with Gasteiger partial charge in [-0.25, -0.2) is 0 Å². The predicted molar refractivity (Wildman–Crippen MR) is 96.5 cm³/mol. The second-order valence-corrected chi connectivity index (χ2v) is 6.81. The van der Waals surface area contributed by atoms with E-state index >= 15 is 0 Å². The molecular formula is C18H17N3O2S. The van der Waals surface area contributed by atoms with Crippen LogP contribution in [0.25, 0.3) is 10.8 Å². The molecule has 0 saturated carbocycles. The summed E-state index contributed by atoms with van der Waals surface area (Å²) in [5.74, 6) is 2.05. The van der Waals surface area contributed by atoms with E-state index in [1.165, 1.54) is 0 Å². The summed E-state index contributed by atoms with van der Waals surface area (Å²) >= 11 is 1.63. The Morgan fingerprint density at radius 3 is 2.75 bits per heavy atom. The zero-order valence-corrected chi connectivity index (χ0v) is 14.3. The highest BCUT2D eigenvalue weighted by Gasteiger charge is 2.36. The topological polar surface area (TPSA) is 58.2 Å². The van der Waals surface area contributed by atoms with Crippen molar-refractivity contribution in [2.75, 3.05) is 17.8 Å². The predicted octanol–water partition coefficient (Wildman–Crippen LogP) is 3.66. The van der Waals surface area contributed by atoms with Crippen molar-refractivity contribution < 1.29 is 9.53 Å². The lowest BCUT2D eigenvalue weighted by molar-refractivity contribution is -0.115. The van der Waals surface area contributed by atoms with Gasteiger partial charge in [-0.15, -0.1) is 11.8 Å². The van der Waals surface area contributed by atoms with Gasteiger partial charge >= 0.3 is 0 Å². The average molecular weight is 339 g/mol. The van der Waals surface area contributed by atoms with Crippen LogP contribution in [0, 0.1) is 6.92 Å². The van der Waals surface area contributed by atoms with Crippen molar-refractivity contribution in [1.29, 1.82) is 0 Å². The minimum absolute atomic E-state index is 0.0800. The van der Waals surface area contributed by atoms with Crippen molar-refractivity contribution in [3.63, 3.8) is 0 Å². The Morgan fingerprint density at radius 1 is 1.25 bits per heavy atom. The number of amides is 1. The second-order valence-electron chi connectivity index (χ2n) is 5.74. The lowest BCUT2D eigenvalue weighted by Gasteiger charge is -2.23. The molecule has 1 fully saturated rings. The normalized spacial score (nSPS) is 17.7. The molecule has 1 amide bonds. The van der Waals surface area contributed by atoms with Gasteiger partial charge in [0.1, 0.15) is 11.1 Å². The fourth-order valence-electron chi connectivity index (χ4n) is 3.12. The van der Waals surface area contributed by atoms with Crippen LogP contribution in [0.1, 0.15) is 16.6 Å². The quantitative estimate of drug-likeness (QED) is 0.791. The number of aromatic amines is 1. The minimum Gasteiger partial charge on any atom is -0.496 e. The van der Waals surface area contributed by atoms with E-state index in [1.807, 2.05) is 43.3 Å². The third-order valence-corrected chi connectivity index (χ3v) is 5.40. The molecule has 6 heteroatoms. The molecule has 1 aliphatic heterocycles. The Balaban J connectivity index is 1.86. The summed E-state index contributed by atoms with van der Waals surface area (Å²) < 4.78 is 5.48. The molecule has 0 spiro atoms. The van der Waals surface area contributed by atoms with Gasteiger partial charge in [-0.1, -0.05) is 30.3 Å². The van der Waals surface area contributed by atoms with E-state index in [0.29, 0.717) is 11.6 Å². The molecule has 5 nitrogen and oxygen atoms in total. The summed E-state index contributed by atoms with van der Waals surface area (Å²) in [5, 5.41) is 9.26. The fourth-order valence-corrected chi connectivity index (χ4v) is 4.32. The summed E-state index contributed by atoms with van der Waals surface area (Å²) in [6, 6.07) is 14.0. The van der Waals surface area contributed by atoms with Gasteiger partial charge in [0.15, 0.2) is 5.82 Å². The Morgan fingerprint density at radius 2 is 2.04 bits per heavy atom.